The summed E-state index contributed by atoms with van der Waals surface area (Å²) < 4.78 is 51.3. The number of nitrogens with one attached hydrogen (secondary N) is 1. The Balaban J connectivity index is 1.88. The molecule has 3 aromatic rings. The van der Waals surface area contributed by atoms with Crippen LogP contribution >= 0.6 is 0 Å². The zero-order chi connectivity index (χ0) is 20.9. The first-order valence-corrected chi connectivity index (χ1v) is 8.78. The molecule has 0 amide bonds. The second kappa shape index (κ2) is 8.72. The minimum absolute atomic E-state index is 0.110. The summed E-state index contributed by atoms with van der Waals surface area (Å²) in [5.74, 6) is -0.501. The Labute approximate surface area is 164 Å². The van der Waals surface area contributed by atoms with Crippen molar-refractivity contribution in [1.82, 2.24) is 10.2 Å². The molecule has 3 N–H and O–H groups in total. The number of benzene rings is 2. The van der Waals surface area contributed by atoms with Crippen molar-refractivity contribution in [3.05, 3.63) is 88.9 Å². The van der Waals surface area contributed by atoms with Crippen LogP contribution in [0.4, 0.5) is 23.4 Å². The molecule has 0 saturated heterocycles. The van der Waals surface area contributed by atoms with E-state index in [1.54, 1.807) is 0 Å². The second-order valence-corrected chi connectivity index (χ2v) is 6.33. The molecule has 0 atom stereocenters. The molecule has 8 heteroatoms. The summed E-state index contributed by atoms with van der Waals surface area (Å²) in [7, 11) is 0. The van der Waals surface area contributed by atoms with Gasteiger partial charge in [-0.05, 0) is 53.8 Å². The molecule has 0 radical (unpaired) electrons. The maximum atomic E-state index is 13.2. The lowest BCUT2D eigenvalue weighted by atomic mass is 10.0. The van der Waals surface area contributed by atoms with Crippen molar-refractivity contribution in [1.29, 1.82) is 0 Å². The largest absolute Gasteiger partial charge is 0.432 e. The fourth-order valence-corrected chi connectivity index (χ4v) is 2.67. The zero-order valence-electron chi connectivity index (χ0n) is 15.2. The molecule has 1 aromatic heterocycles. The lowest BCUT2D eigenvalue weighted by Gasteiger charge is -2.09. The van der Waals surface area contributed by atoms with Crippen molar-refractivity contribution in [3.8, 4) is 0 Å². The standard InChI is InChI=1S/C21H18F4N4/c22-17-10-8-15(9-11-17)20(26)16(7-6-14-4-2-1-3-5-14)13-27-19-12-18(28-29-19)21(23,24)25/h1-5,8-13H,6-7,26H2,(H,28,29)/b20-16-,27-13?. The number of halogens is 4. The van der Waals surface area contributed by atoms with Crippen molar-refractivity contribution in [2.24, 2.45) is 10.7 Å². The Morgan fingerprint density at radius 3 is 2.38 bits per heavy atom. The van der Waals surface area contributed by atoms with Crippen LogP contribution in [0.5, 0.6) is 0 Å². The van der Waals surface area contributed by atoms with Gasteiger partial charge in [0.15, 0.2) is 5.82 Å². The third-order valence-corrected chi connectivity index (χ3v) is 4.25. The Bertz CT molecular complexity index is 1000. The summed E-state index contributed by atoms with van der Waals surface area (Å²) in [6, 6.07) is 16.1. The van der Waals surface area contributed by atoms with Crippen LogP contribution in [0.2, 0.25) is 0 Å². The summed E-state index contributed by atoms with van der Waals surface area (Å²) >= 11 is 0. The predicted molar refractivity (Wildman–Crippen MR) is 104 cm³/mol. The van der Waals surface area contributed by atoms with E-state index in [0.29, 0.717) is 29.7 Å². The lowest BCUT2D eigenvalue weighted by molar-refractivity contribution is -0.141. The van der Waals surface area contributed by atoms with Gasteiger partial charge >= 0.3 is 6.18 Å². The first-order chi connectivity index (χ1) is 13.8. The van der Waals surface area contributed by atoms with Crippen molar-refractivity contribution in [2.75, 3.05) is 0 Å². The van der Waals surface area contributed by atoms with Crippen LogP contribution < -0.4 is 5.73 Å². The molecule has 2 aromatic carbocycles. The number of H-pyrrole nitrogens is 1. The predicted octanol–water partition coefficient (Wildman–Crippen LogP) is 5.27. The van der Waals surface area contributed by atoms with E-state index < -0.39 is 17.7 Å². The van der Waals surface area contributed by atoms with Gasteiger partial charge in [0.1, 0.15) is 11.5 Å². The molecule has 0 saturated carbocycles. The summed E-state index contributed by atoms with van der Waals surface area (Å²) in [4.78, 5) is 4.04. The van der Waals surface area contributed by atoms with E-state index in [2.05, 4.69) is 10.1 Å². The number of hydrogen-bond donors (Lipinski definition) is 2. The fraction of sp³-hybridized carbons (Fsp3) is 0.143. The maximum Gasteiger partial charge on any atom is 0.432 e. The Kier molecular flexibility index (Phi) is 6.11. The molecule has 0 aliphatic carbocycles. The van der Waals surface area contributed by atoms with Gasteiger partial charge < -0.3 is 5.73 Å². The second-order valence-electron chi connectivity index (χ2n) is 6.33. The smallest absolute Gasteiger partial charge is 0.398 e. The molecule has 4 nitrogen and oxygen atoms in total. The molecule has 0 unspecified atom stereocenters. The lowest BCUT2D eigenvalue weighted by Crippen LogP contribution is -2.04. The van der Waals surface area contributed by atoms with Crippen molar-refractivity contribution in [2.45, 2.75) is 19.0 Å². The number of aliphatic imine (C=N–C) groups is 1. The van der Waals surface area contributed by atoms with Crippen LogP contribution in [0.3, 0.4) is 0 Å². The zero-order valence-corrected chi connectivity index (χ0v) is 15.2. The number of nitrogens with two attached hydrogens (primary N) is 1. The summed E-state index contributed by atoms with van der Waals surface area (Å²) in [5, 5.41) is 5.48. The van der Waals surface area contributed by atoms with Crippen molar-refractivity contribution < 1.29 is 17.6 Å². The van der Waals surface area contributed by atoms with E-state index in [9.17, 15) is 17.6 Å². The number of alkyl halides is 3. The first-order valence-electron chi connectivity index (χ1n) is 8.78. The van der Waals surface area contributed by atoms with E-state index in [1.807, 2.05) is 35.4 Å². The highest BCUT2D eigenvalue weighted by molar-refractivity contribution is 5.91. The SMILES string of the molecule is N/C(=C(\C=Nc1cc(C(F)(F)F)[nH]n1)CCc1ccccc1)c1ccc(F)cc1. The van der Waals surface area contributed by atoms with Gasteiger partial charge in [0.2, 0.25) is 0 Å². The molecule has 0 fully saturated rings. The van der Waals surface area contributed by atoms with Crippen LogP contribution in [0.25, 0.3) is 5.70 Å². The van der Waals surface area contributed by atoms with Gasteiger partial charge in [-0.1, -0.05) is 30.3 Å². The van der Waals surface area contributed by atoms with Gasteiger partial charge in [-0.2, -0.15) is 18.3 Å². The number of rotatable bonds is 6. The minimum Gasteiger partial charge on any atom is -0.398 e. The van der Waals surface area contributed by atoms with Crippen molar-refractivity contribution >= 4 is 17.7 Å². The Morgan fingerprint density at radius 2 is 1.76 bits per heavy atom. The first kappa shape index (κ1) is 20.3. The molecule has 0 spiro atoms. The third-order valence-electron chi connectivity index (χ3n) is 4.25. The topological polar surface area (TPSA) is 67.1 Å². The van der Waals surface area contributed by atoms with Crippen molar-refractivity contribution in [3.63, 3.8) is 0 Å². The van der Waals surface area contributed by atoms with E-state index in [-0.39, 0.29) is 5.82 Å². The summed E-state index contributed by atoms with van der Waals surface area (Å²) in [6.45, 7) is 0. The number of hydrogen-bond acceptors (Lipinski definition) is 3. The number of aromatic amines is 1. The van der Waals surface area contributed by atoms with E-state index >= 15 is 0 Å². The maximum absolute atomic E-state index is 13.2. The molecule has 29 heavy (non-hydrogen) atoms. The highest BCUT2D eigenvalue weighted by Gasteiger charge is 2.33. The third kappa shape index (κ3) is 5.54. The van der Waals surface area contributed by atoms with Gasteiger partial charge in [0, 0.05) is 18.0 Å². The molecule has 3 rings (SSSR count). The average molecular weight is 402 g/mol. The van der Waals surface area contributed by atoms with Crippen LogP contribution in [-0.4, -0.2) is 16.4 Å². The van der Waals surface area contributed by atoms with Crippen LogP contribution in [0.15, 0.2) is 71.2 Å². The Hall–Kier alpha value is -3.42. The molecular weight excluding hydrogens is 384 g/mol. The molecule has 0 aliphatic heterocycles. The van der Waals surface area contributed by atoms with E-state index in [4.69, 9.17) is 5.73 Å². The van der Waals surface area contributed by atoms with Crippen LogP contribution in [-0.2, 0) is 12.6 Å². The number of aryl methyl sites for hydroxylation is 1. The quantitative estimate of drug-likeness (QED) is 0.436. The van der Waals surface area contributed by atoms with Gasteiger partial charge in [0.25, 0.3) is 0 Å². The molecule has 1 heterocycles. The average Bonchev–Trinajstić information content (AvgIpc) is 3.18. The highest BCUT2D eigenvalue weighted by atomic mass is 19.4. The highest BCUT2D eigenvalue weighted by Crippen LogP contribution is 2.29. The monoisotopic (exact) mass is 402 g/mol. The Morgan fingerprint density at radius 1 is 1.07 bits per heavy atom. The number of allylic oxidation sites excluding steroid dienone is 1. The fourth-order valence-electron chi connectivity index (χ4n) is 2.67. The molecule has 0 bridgehead atoms. The summed E-state index contributed by atoms with van der Waals surface area (Å²) in [5.41, 5.74) is 7.92. The summed E-state index contributed by atoms with van der Waals surface area (Å²) in [6.07, 6.45) is -1.98. The van der Waals surface area contributed by atoms with Gasteiger partial charge in [-0.15, -0.1) is 0 Å². The number of aromatic nitrogens is 2. The van der Waals surface area contributed by atoms with Gasteiger partial charge in [-0.3, -0.25) is 5.10 Å². The van der Waals surface area contributed by atoms with Gasteiger partial charge in [0.05, 0.1) is 0 Å². The molecule has 0 aliphatic rings. The minimum atomic E-state index is -4.53. The number of nitrogens with zero attached hydrogens (tertiary/aromatic N) is 2. The molecule has 150 valence electrons. The van der Waals surface area contributed by atoms with Gasteiger partial charge in [-0.25, -0.2) is 9.38 Å². The van der Waals surface area contributed by atoms with Crippen LogP contribution in [0.1, 0.15) is 23.2 Å². The van der Waals surface area contributed by atoms with Crippen LogP contribution in [0, 0.1) is 5.82 Å². The van der Waals surface area contributed by atoms with E-state index in [0.717, 1.165) is 11.6 Å². The normalized spacial score (nSPS) is 13.0. The molecular formula is C21H18F4N4. The van der Waals surface area contributed by atoms with E-state index in [1.165, 1.54) is 30.5 Å².